The number of carbonyl (C=O) groups is 2. The molecular weight excluding hydrogens is 390 g/mol. The summed E-state index contributed by atoms with van der Waals surface area (Å²) in [4.78, 5) is 29.1. The fourth-order valence-electron chi connectivity index (χ4n) is 3.00. The van der Waals surface area contributed by atoms with Crippen LogP contribution in [0.3, 0.4) is 0 Å². The highest BCUT2D eigenvalue weighted by molar-refractivity contribution is 7.11. The maximum absolute atomic E-state index is 12.7. The number of furan rings is 1. The van der Waals surface area contributed by atoms with Crippen molar-refractivity contribution in [3.05, 3.63) is 51.9 Å². The van der Waals surface area contributed by atoms with Crippen molar-refractivity contribution in [2.24, 2.45) is 0 Å². The summed E-state index contributed by atoms with van der Waals surface area (Å²) in [6.45, 7) is 7.13. The molecule has 154 valence electrons. The van der Waals surface area contributed by atoms with Crippen LogP contribution in [0, 0.1) is 6.92 Å². The Morgan fingerprint density at radius 1 is 1.34 bits per heavy atom. The number of carbonyl (C=O) groups excluding carboxylic acids is 2. The lowest BCUT2D eigenvalue weighted by atomic mass is 10.2. The van der Waals surface area contributed by atoms with Crippen LogP contribution in [0.4, 0.5) is 0 Å². The summed E-state index contributed by atoms with van der Waals surface area (Å²) in [7, 11) is 0. The Morgan fingerprint density at radius 2 is 2.17 bits per heavy atom. The van der Waals surface area contributed by atoms with Gasteiger partial charge < -0.3 is 19.0 Å². The number of amides is 1. The van der Waals surface area contributed by atoms with Gasteiger partial charge in [0, 0.05) is 17.6 Å². The zero-order valence-electron chi connectivity index (χ0n) is 16.9. The highest BCUT2D eigenvalue weighted by Crippen LogP contribution is 2.28. The van der Waals surface area contributed by atoms with Crippen molar-refractivity contribution in [2.75, 3.05) is 13.2 Å². The SMILES string of the molecule is CCCCNC(=O)c1cc(-c2csc(C(=O)OCC)n2)n(Cc2ccco2)c1C. The van der Waals surface area contributed by atoms with E-state index in [1.165, 1.54) is 11.3 Å². The van der Waals surface area contributed by atoms with Gasteiger partial charge in [-0.15, -0.1) is 11.3 Å². The Hall–Kier alpha value is -2.87. The molecule has 0 bridgehead atoms. The smallest absolute Gasteiger partial charge is 0.367 e. The minimum atomic E-state index is -0.442. The number of rotatable bonds is 9. The molecule has 3 rings (SSSR count). The third-order valence-corrected chi connectivity index (χ3v) is 5.36. The molecule has 0 unspecified atom stereocenters. The van der Waals surface area contributed by atoms with E-state index < -0.39 is 5.97 Å². The molecule has 0 fully saturated rings. The maximum Gasteiger partial charge on any atom is 0.367 e. The summed E-state index contributed by atoms with van der Waals surface area (Å²) in [5.74, 6) is 0.210. The van der Waals surface area contributed by atoms with Crippen molar-refractivity contribution < 1.29 is 18.7 Å². The first kappa shape index (κ1) is 20.9. The summed E-state index contributed by atoms with van der Waals surface area (Å²) in [6, 6.07) is 5.53. The molecule has 0 aliphatic rings. The van der Waals surface area contributed by atoms with Crippen LogP contribution in [0.1, 0.15) is 58.3 Å². The van der Waals surface area contributed by atoms with Crippen LogP contribution < -0.4 is 5.32 Å². The zero-order chi connectivity index (χ0) is 20.8. The molecule has 0 saturated carbocycles. The Bertz CT molecular complexity index is 972. The lowest BCUT2D eigenvalue weighted by Gasteiger charge is -2.09. The predicted octanol–water partition coefficient (Wildman–Crippen LogP) is 4.27. The van der Waals surface area contributed by atoms with Gasteiger partial charge in [-0.05, 0) is 38.5 Å². The van der Waals surface area contributed by atoms with Crippen molar-refractivity contribution in [1.82, 2.24) is 14.9 Å². The molecule has 0 atom stereocenters. The van der Waals surface area contributed by atoms with Crippen LogP contribution in [-0.4, -0.2) is 34.6 Å². The van der Waals surface area contributed by atoms with E-state index in [2.05, 4.69) is 17.2 Å². The zero-order valence-corrected chi connectivity index (χ0v) is 17.7. The van der Waals surface area contributed by atoms with Gasteiger partial charge in [-0.1, -0.05) is 13.3 Å². The molecule has 3 aromatic heterocycles. The normalized spacial score (nSPS) is 10.9. The average molecular weight is 416 g/mol. The van der Waals surface area contributed by atoms with Gasteiger partial charge in [0.05, 0.1) is 36.4 Å². The second-order valence-corrected chi connectivity index (χ2v) is 7.42. The highest BCUT2D eigenvalue weighted by Gasteiger charge is 2.22. The van der Waals surface area contributed by atoms with E-state index in [0.717, 1.165) is 30.0 Å². The third-order valence-electron chi connectivity index (χ3n) is 4.54. The Labute approximate surface area is 173 Å². The topological polar surface area (TPSA) is 86.4 Å². The van der Waals surface area contributed by atoms with Crippen LogP contribution in [0.5, 0.6) is 0 Å². The number of unbranched alkanes of at least 4 members (excludes halogenated alkanes) is 1. The van der Waals surface area contributed by atoms with Crippen LogP contribution >= 0.6 is 11.3 Å². The van der Waals surface area contributed by atoms with Gasteiger partial charge in [0.15, 0.2) is 0 Å². The van der Waals surface area contributed by atoms with Gasteiger partial charge in [0.2, 0.25) is 5.01 Å². The summed E-state index contributed by atoms with van der Waals surface area (Å²) < 4.78 is 12.5. The van der Waals surface area contributed by atoms with Crippen molar-refractivity contribution >= 4 is 23.2 Å². The summed E-state index contributed by atoms with van der Waals surface area (Å²) >= 11 is 1.23. The molecule has 0 aromatic carbocycles. The number of esters is 1. The quantitative estimate of drug-likeness (QED) is 0.417. The minimum Gasteiger partial charge on any atom is -0.467 e. The molecule has 29 heavy (non-hydrogen) atoms. The lowest BCUT2D eigenvalue weighted by molar-refractivity contribution is 0.0526. The molecule has 0 radical (unpaired) electrons. The van der Waals surface area contributed by atoms with Crippen LogP contribution in [0.2, 0.25) is 0 Å². The van der Waals surface area contributed by atoms with Crippen LogP contribution in [-0.2, 0) is 11.3 Å². The fraction of sp³-hybridized carbons (Fsp3) is 0.381. The molecule has 0 saturated heterocycles. The summed E-state index contributed by atoms with van der Waals surface area (Å²) in [5.41, 5.74) is 2.79. The van der Waals surface area contributed by atoms with Gasteiger partial charge in [-0.25, -0.2) is 9.78 Å². The van der Waals surface area contributed by atoms with E-state index in [-0.39, 0.29) is 5.91 Å². The predicted molar refractivity (Wildman–Crippen MR) is 111 cm³/mol. The number of ether oxygens (including phenoxy) is 1. The van der Waals surface area contributed by atoms with Gasteiger partial charge >= 0.3 is 5.97 Å². The number of hydrogen-bond donors (Lipinski definition) is 1. The van der Waals surface area contributed by atoms with Crippen molar-refractivity contribution in [1.29, 1.82) is 0 Å². The lowest BCUT2D eigenvalue weighted by Crippen LogP contribution is -2.24. The van der Waals surface area contributed by atoms with Gasteiger partial charge in [0.25, 0.3) is 5.91 Å². The van der Waals surface area contributed by atoms with Gasteiger partial charge in [0.1, 0.15) is 5.76 Å². The van der Waals surface area contributed by atoms with Crippen molar-refractivity contribution in [3.8, 4) is 11.4 Å². The van der Waals surface area contributed by atoms with Crippen LogP contribution in [0.15, 0.2) is 34.3 Å². The second-order valence-electron chi connectivity index (χ2n) is 6.56. The maximum atomic E-state index is 12.7. The van der Waals surface area contributed by atoms with E-state index >= 15 is 0 Å². The van der Waals surface area contributed by atoms with E-state index in [0.29, 0.717) is 36.0 Å². The first-order valence-corrected chi connectivity index (χ1v) is 10.6. The Kier molecular flexibility index (Phi) is 6.87. The molecule has 3 aromatic rings. The number of nitrogens with one attached hydrogen (secondary N) is 1. The molecule has 0 spiro atoms. The van der Waals surface area contributed by atoms with E-state index in [9.17, 15) is 9.59 Å². The molecule has 0 aliphatic heterocycles. The molecule has 0 aliphatic carbocycles. The fourth-order valence-corrected chi connectivity index (χ4v) is 3.70. The summed E-state index contributed by atoms with van der Waals surface area (Å²) in [6.07, 6.45) is 3.56. The first-order valence-electron chi connectivity index (χ1n) is 9.68. The molecule has 1 amide bonds. The van der Waals surface area contributed by atoms with E-state index in [1.54, 1.807) is 18.6 Å². The molecular formula is C21H25N3O4S. The second kappa shape index (κ2) is 9.56. The van der Waals surface area contributed by atoms with Gasteiger partial charge in [-0.2, -0.15) is 0 Å². The molecule has 7 nitrogen and oxygen atoms in total. The molecule has 3 heterocycles. The number of thiazole rings is 1. The van der Waals surface area contributed by atoms with Crippen molar-refractivity contribution in [3.63, 3.8) is 0 Å². The minimum absolute atomic E-state index is 0.115. The largest absolute Gasteiger partial charge is 0.467 e. The van der Waals surface area contributed by atoms with Crippen LogP contribution in [0.25, 0.3) is 11.4 Å². The Balaban J connectivity index is 1.97. The molecule has 1 N–H and O–H groups in total. The monoisotopic (exact) mass is 415 g/mol. The van der Waals surface area contributed by atoms with Crippen molar-refractivity contribution in [2.45, 2.75) is 40.2 Å². The van der Waals surface area contributed by atoms with Gasteiger partial charge in [-0.3, -0.25) is 4.79 Å². The van der Waals surface area contributed by atoms with E-state index in [1.807, 2.05) is 29.7 Å². The standard InChI is InChI=1S/C21H25N3O4S/c1-4-6-9-22-19(25)16-11-18(17-13-29-20(23-17)21(26)27-5-2)24(14(16)3)12-15-8-7-10-28-15/h7-8,10-11,13H,4-6,9,12H2,1-3H3,(H,22,25). The number of nitrogens with zero attached hydrogens (tertiary/aromatic N) is 2. The average Bonchev–Trinajstić information content (AvgIpc) is 3.44. The van der Waals surface area contributed by atoms with E-state index in [4.69, 9.17) is 9.15 Å². The first-order chi connectivity index (χ1) is 14.0. The number of aromatic nitrogens is 2. The third kappa shape index (κ3) is 4.76. The summed E-state index contributed by atoms with van der Waals surface area (Å²) in [5, 5.41) is 5.06. The Morgan fingerprint density at radius 3 is 2.86 bits per heavy atom. The highest BCUT2D eigenvalue weighted by atomic mass is 32.1. The number of hydrogen-bond acceptors (Lipinski definition) is 6. The molecule has 8 heteroatoms.